The molecule has 6 aromatic rings. The Kier molecular flexibility index (Phi) is 4.06. The Balaban J connectivity index is 1.54. The van der Waals surface area contributed by atoms with Crippen molar-refractivity contribution >= 4 is 42.3 Å². The zero-order valence-corrected chi connectivity index (χ0v) is 17.4. The lowest BCUT2D eigenvalue weighted by Gasteiger charge is -2.07. The van der Waals surface area contributed by atoms with Gasteiger partial charge in [-0.05, 0) is 69.4 Å². The number of aromatic nitrogens is 1. The van der Waals surface area contributed by atoms with Crippen LogP contribution in [-0.2, 0) is 0 Å². The van der Waals surface area contributed by atoms with Crippen LogP contribution in [0.4, 0.5) is 0 Å². The van der Waals surface area contributed by atoms with Gasteiger partial charge in [-0.1, -0.05) is 54.6 Å². The van der Waals surface area contributed by atoms with E-state index in [1.807, 2.05) is 23.5 Å². The summed E-state index contributed by atoms with van der Waals surface area (Å²) < 4.78 is 2.62. The van der Waals surface area contributed by atoms with Crippen LogP contribution < -0.4 is 0 Å². The lowest BCUT2D eigenvalue weighted by atomic mass is 9.97. The van der Waals surface area contributed by atoms with E-state index in [1.165, 1.54) is 36.5 Å². The van der Waals surface area contributed by atoms with Gasteiger partial charge < -0.3 is 0 Å². The number of nitriles is 1. The van der Waals surface area contributed by atoms with Crippen LogP contribution >= 0.6 is 11.3 Å². The minimum Gasteiger partial charge on any atom is -0.246 e. The van der Waals surface area contributed by atoms with Gasteiger partial charge in [0.25, 0.3) is 0 Å². The van der Waals surface area contributed by atoms with Crippen LogP contribution in [0.3, 0.4) is 0 Å². The lowest BCUT2D eigenvalue weighted by Crippen LogP contribution is -1.85. The van der Waals surface area contributed by atoms with E-state index in [4.69, 9.17) is 0 Å². The Labute approximate surface area is 183 Å². The largest absolute Gasteiger partial charge is 0.246 e. The van der Waals surface area contributed by atoms with E-state index in [0.29, 0.717) is 5.69 Å². The first kappa shape index (κ1) is 17.8. The smallest absolute Gasteiger partial charge is 0.141 e. The third kappa shape index (κ3) is 2.97. The zero-order valence-electron chi connectivity index (χ0n) is 16.5. The van der Waals surface area contributed by atoms with E-state index in [-0.39, 0.29) is 0 Å². The highest BCUT2D eigenvalue weighted by Gasteiger charge is 2.11. The quantitative estimate of drug-likeness (QED) is 0.291. The highest BCUT2D eigenvalue weighted by molar-refractivity contribution is 7.26. The summed E-state index contributed by atoms with van der Waals surface area (Å²) in [6, 6.07) is 34.2. The van der Waals surface area contributed by atoms with Crippen molar-refractivity contribution in [3.05, 3.63) is 103 Å². The molecule has 0 saturated heterocycles. The van der Waals surface area contributed by atoms with Gasteiger partial charge in [-0.15, -0.1) is 11.3 Å². The number of benzene rings is 4. The molecule has 0 aliphatic heterocycles. The van der Waals surface area contributed by atoms with Crippen LogP contribution in [-0.4, -0.2) is 4.98 Å². The molecule has 0 atom stereocenters. The number of fused-ring (bicyclic) bond motifs is 5. The minimum atomic E-state index is 0.431. The number of rotatable bonds is 2. The van der Waals surface area contributed by atoms with Crippen LogP contribution in [0.1, 0.15) is 5.69 Å². The fraction of sp³-hybridized carbons (Fsp3) is 0. The average Bonchev–Trinajstić information content (AvgIpc) is 3.22. The molecule has 0 fully saturated rings. The van der Waals surface area contributed by atoms with E-state index in [1.54, 1.807) is 6.20 Å². The van der Waals surface area contributed by atoms with Gasteiger partial charge in [0.1, 0.15) is 11.8 Å². The molecule has 2 heterocycles. The molecule has 2 nitrogen and oxygen atoms in total. The fourth-order valence-corrected chi connectivity index (χ4v) is 5.38. The summed E-state index contributed by atoms with van der Waals surface area (Å²) in [7, 11) is 0. The molecule has 0 radical (unpaired) electrons. The summed E-state index contributed by atoms with van der Waals surface area (Å²) in [4.78, 5) is 4.09. The van der Waals surface area contributed by atoms with Crippen molar-refractivity contribution in [2.45, 2.75) is 0 Å². The predicted molar refractivity (Wildman–Crippen MR) is 130 cm³/mol. The van der Waals surface area contributed by atoms with E-state index >= 15 is 0 Å². The number of thiophene rings is 1. The fourth-order valence-electron chi connectivity index (χ4n) is 4.28. The molecule has 2 aromatic heterocycles. The number of pyridine rings is 1. The van der Waals surface area contributed by atoms with Gasteiger partial charge in [0.15, 0.2) is 0 Å². The van der Waals surface area contributed by atoms with E-state index in [0.717, 1.165) is 16.7 Å². The Hall–Kier alpha value is -4.00. The molecule has 144 valence electrons. The summed E-state index contributed by atoms with van der Waals surface area (Å²) in [6.07, 6.45) is 1.69. The van der Waals surface area contributed by atoms with Crippen LogP contribution in [0.15, 0.2) is 97.2 Å². The van der Waals surface area contributed by atoms with Crippen LogP contribution in [0.2, 0.25) is 0 Å². The Bertz CT molecular complexity index is 1650. The van der Waals surface area contributed by atoms with E-state index < -0.39 is 0 Å². The third-order valence-corrected chi connectivity index (χ3v) is 6.90. The van der Waals surface area contributed by atoms with Crippen LogP contribution in [0.25, 0.3) is 53.2 Å². The van der Waals surface area contributed by atoms with E-state index in [9.17, 15) is 5.26 Å². The van der Waals surface area contributed by atoms with Crippen molar-refractivity contribution in [3.8, 4) is 28.3 Å². The first-order valence-electron chi connectivity index (χ1n) is 10.1. The maximum Gasteiger partial charge on any atom is 0.141 e. The van der Waals surface area contributed by atoms with Crippen molar-refractivity contribution < 1.29 is 0 Å². The molecule has 0 bridgehead atoms. The second kappa shape index (κ2) is 7.05. The molecular formula is C28H16N2S. The van der Waals surface area contributed by atoms with Crippen LogP contribution in [0.5, 0.6) is 0 Å². The van der Waals surface area contributed by atoms with Gasteiger partial charge in [0.05, 0.1) is 0 Å². The zero-order chi connectivity index (χ0) is 20.8. The standard InChI is InChI=1S/C28H16N2S/c29-17-23-15-22(12-13-30-23)20-6-3-5-19(14-20)21-9-10-26-25(16-21)28-24-7-2-1-4-18(24)8-11-27(28)31-26/h1-16H. The Morgan fingerprint density at radius 3 is 2.29 bits per heavy atom. The Morgan fingerprint density at radius 2 is 1.42 bits per heavy atom. The van der Waals surface area contributed by atoms with Crippen molar-refractivity contribution in [1.82, 2.24) is 4.98 Å². The van der Waals surface area contributed by atoms with Gasteiger partial charge in [-0.3, -0.25) is 0 Å². The molecule has 0 saturated carbocycles. The van der Waals surface area contributed by atoms with Gasteiger partial charge >= 0.3 is 0 Å². The molecule has 0 amide bonds. The molecule has 0 unspecified atom stereocenters. The highest BCUT2D eigenvalue weighted by atomic mass is 32.1. The van der Waals surface area contributed by atoms with E-state index in [2.05, 4.69) is 89.9 Å². The van der Waals surface area contributed by atoms with Gasteiger partial charge in [-0.25, -0.2) is 4.98 Å². The molecule has 0 N–H and O–H groups in total. The molecular weight excluding hydrogens is 396 g/mol. The first-order valence-corrected chi connectivity index (χ1v) is 10.9. The summed E-state index contributed by atoms with van der Waals surface area (Å²) in [5.74, 6) is 0. The van der Waals surface area contributed by atoms with Crippen molar-refractivity contribution in [1.29, 1.82) is 5.26 Å². The first-order chi connectivity index (χ1) is 15.3. The van der Waals surface area contributed by atoms with Crippen molar-refractivity contribution in [3.63, 3.8) is 0 Å². The average molecular weight is 413 g/mol. The molecule has 4 aromatic carbocycles. The molecule has 0 aliphatic carbocycles. The molecule has 31 heavy (non-hydrogen) atoms. The third-order valence-electron chi connectivity index (χ3n) is 5.76. The van der Waals surface area contributed by atoms with Crippen molar-refractivity contribution in [2.24, 2.45) is 0 Å². The summed E-state index contributed by atoms with van der Waals surface area (Å²) >= 11 is 1.85. The summed E-state index contributed by atoms with van der Waals surface area (Å²) in [5, 5.41) is 14.4. The maximum absolute atomic E-state index is 9.17. The van der Waals surface area contributed by atoms with Crippen LogP contribution in [0, 0.1) is 11.3 Å². The maximum atomic E-state index is 9.17. The normalized spacial score (nSPS) is 11.2. The van der Waals surface area contributed by atoms with Gasteiger partial charge in [-0.2, -0.15) is 5.26 Å². The SMILES string of the molecule is N#Cc1cc(-c2cccc(-c3ccc4sc5ccc6ccccc6c5c4c3)c2)ccn1. The number of hydrogen-bond acceptors (Lipinski definition) is 3. The topological polar surface area (TPSA) is 36.7 Å². The number of nitrogens with zero attached hydrogens (tertiary/aromatic N) is 2. The van der Waals surface area contributed by atoms with Gasteiger partial charge in [0, 0.05) is 26.4 Å². The second-order valence-electron chi connectivity index (χ2n) is 7.60. The van der Waals surface area contributed by atoms with Gasteiger partial charge in [0.2, 0.25) is 0 Å². The summed E-state index contributed by atoms with van der Waals surface area (Å²) in [6.45, 7) is 0. The Morgan fingerprint density at radius 1 is 0.645 bits per heavy atom. The predicted octanol–water partition coefficient (Wildman–Crippen LogP) is 7.81. The molecule has 6 rings (SSSR count). The monoisotopic (exact) mass is 412 g/mol. The molecule has 0 aliphatic rings. The number of hydrogen-bond donors (Lipinski definition) is 0. The summed E-state index contributed by atoms with van der Waals surface area (Å²) in [5.41, 5.74) is 4.87. The second-order valence-corrected chi connectivity index (χ2v) is 8.68. The molecule has 0 spiro atoms. The lowest BCUT2D eigenvalue weighted by molar-refractivity contribution is 1.26. The highest BCUT2D eigenvalue weighted by Crippen LogP contribution is 2.40. The van der Waals surface area contributed by atoms with Crippen molar-refractivity contribution in [2.75, 3.05) is 0 Å². The molecule has 3 heteroatoms. The minimum absolute atomic E-state index is 0.431.